The zero-order valence-corrected chi connectivity index (χ0v) is 18.3. The van der Waals surface area contributed by atoms with Gasteiger partial charge in [0.05, 0.1) is 5.56 Å². The summed E-state index contributed by atoms with van der Waals surface area (Å²) in [6.07, 6.45) is 5.66. The van der Waals surface area contributed by atoms with E-state index in [1.165, 1.54) is 19.3 Å². The van der Waals surface area contributed by atoms with E-state index in [4.69, 9.17) is 12.2 Å². The molecule has 0 radical (unpaired) electrons. The summed E-state index contributed by atoms with van der Waals surface area (Å²) in [5.41, 5.74) is 1.79. The van der Waals surface area contributed by atoms with E-state index >= 15 is 0 Å². The van der Waals surface area contributed by atoms with Gasteiger partial charge >= 0.3 is 0 Å². The molecule has 7 heteroatoms. The SMILES string of the molecule is O=C(NC1CCCCC1)c1cccc(NC(=S)NC(=O)c2ccccc2I)c1. The Morgan fingerprint density at radius 1 is 0.964 bits per heavy atom. The van der Waals surface area contributed by atoms with Gasteiger partial charge in [-0.1, -0.05) is 37.5 Å². The topological polar surface area (TPSA) is 70.2 Å². The maximum absolute atomic E-state index is 12.5. The summed E-state index contributed by atoms with van der Waals surface area (Å²) in [6.45, 7) is 0. The maximum atomic E-state index is 12.5. The first kappa shape index (κ1) is 20.7. The Morgan fingerprint density at radius 3 is 2.46 bits per heavy atom. The van der Waals surface area contributed by atoms with Crippen molar-refractivity contribution in [3.63, 3.8) is 0 Å². The van der Waals surface area contributed by atoms with Crippen LogP contribution in [0, 0.1) is 3.57 Å². The summed E-state index contributed by atoms with van der Waals surface area (Å²) < 4.78 is 0.849. The highest BCUT2D eigenvalue weighted by Crippen LogP contribution is 2.18. The molecule has 2 amide bonds. The van der Waals surface area contributed by atoms with E-state index in [-0.39, 0.29) is 23.0 Å². The fourth-order valence-electron chi connectivity index (χ4n) is 3.23. The lowest BCUT2D eigenvalue weighted by Crippen LogP contribution is -2.36. The molecule has 1 fully saturated rings. The van der Waals surface area contributed by atoms with E-state index in [2.05, 4.69) is 38.5 Å². The van der Waals surface area contributed by atoms with Crippen molar-refractivity contribution in [1.82, 2.24) is 10.6 Å². The minimum absolute atomic E-state index is 0.0793. The van der Waals surface area contributed by atoms with Crippen LogP contribution >= 0.6 is 34.8 Å². The van der Waals surface area contributed by atoms with Crippen LogP contribution in [0.2, 0.25) is 0 Å². The van der Waals surface area contributed by atoms with Crippen molar-refractivity contribution in [3.8, 4) is 0 Å². The zero-order valence-electron chi connectivity index (χ0n) is 15.3. The van der Waals surface area contributed by atoms with Gasteiger partial charge in [0.15, 0.2) is 5.11 Å². The molecule has 0 unspecified atom stereocenters. The van der Waals surface area contributed by atoms with Crippen molar-refractivity contribution >= 4 is 57.4 Å². The first-order valence-electron chi connectivity index (χ1n) is 9.31. The number of nitrogens with one attached hydrogen (secondary N) is 3. The van der Waals surface area contributed by atoms with E-state index in [1.807, 2.05) is 24.3 Å². The second-order valence-corrected chi connectivity index (χ2v) is 8.35. The molecule has 5 nitrogen and oxygen atoms in total. The van der Waals surface area contributed by atoms with Crippen LogP contribution in [-0.4, -0.2) is 23.0 Å². The number of benzene rings is 2. The first-order valence-corrected chi connectivity index (χ1v) is 10.8. The van der Waals surface area contributed by atoms with Gasteiger partial charge in [0.2, 0.25) is 0 Å². The lowest BCUT2D eigenvalue weighted by molar-refractivity contribution is 0.0926. The van der Waals surface area contributed by atoms with Crippen molar-refractivity contribution in [2.45, 2.75) is 38.1 Å². The molecule has 1 saturated carbocycles. The maximum Gasteiger partial charge on any atom is 0.258 e. The van der Waals surface area contributed by atoms with Gasteiger partial charge in [-0.15, -0.1) is 0 Å². The van der Waals surface area contributed by atoms with Crippen LogP contribution in [0.1, 0.15) is 52.8 Å². The number of hydrogen-bond donors (Lipinski definition) is 3. The van der Waals surface area contributed by atoms with Gasteiger partial charge in [0.1, 0.15) is 0 Å². The third-order valence-corrected chi connectivity index (χ3v) is 5.81. The Bertz CT molecular complexity index is 881. The van der Waals surface area contributed by atoms with Crippen molar-refractivity contribution in [1.29, 1.82) is 0 Å². The molecule has 0 atom stereocenters. The molecule has 2 aromatic rings. The van der Waals surface area contributed by atoms with Crippen LogP contribution in [0.5, 0.6) is 0 Å². The van der Waals surface area contributed by atoms with Gasteiger partial charge in [0, 0.05) is 20.9 Å². The fourth-order valence-corrected chi connectivity index (χ4v) is 4.07. The molecule has 1 aliphatic carbocycles. The van der Waals surface area contributed by atoms with E-state index in [9.17, 15) is 9.59 Å². The lowest BCUT2D eigenvalue weighted by Gasteiger charge is -2.22. The highest BCUT2D eigenvalue weighted by molar-refractivity contribution is 14.1. The second kappa shape index (κ2) is 9.97. The average molecular weight is 507 g/mol. The Hall–Kier alpha value is -2.00. The zero-order chi connectivity index (χ0) is 19.9. The average Bonchev–Trinajstić information content (AvgIpc) is 2.69. The molecule has 0 saturated heterocycles. The van der Waals surface area contributed by atoms with E-state index in [1.54, 1.807) is 24.3 Å². The van der Waals surface area contributed by atoms with Crippen LogP contribution < -0.4 is 16.0 Å². The first-order chi connectivity index (χ1) is 13.5. The van der Waals surface area contributed by atoms with Crippen molar-refractivity contribution in [3.05, 3.63) is 63.2 Å². The van der Waals surface area contributed by atoms with Crippen LogP contribution in [-0.2, 0) is 0 Å². The van der Waals surface area contributed by atoms with Crippen molar-refractivity contribution in [2.24, 2.45) is 0 Å². The van der Waals surface area contributed by atoms with Crippen LogP contribution in [0.25, 0.3) is 0 Å². The van der Waals surface area contributed by atoms with E-state index in [0.29, 0.717) is 16.8 Å². The van der Waals surface area contributed by atoms with Gasteiger partial charge in [-0.25, -0.2) is 0 Å². The molecule has 0 aliphatic heterocycles. The normalized spacial score (nSPS) is 14.2. The molecule has 0 spiro atoms. The van der Waals surface area contributed by atoms with Crippen LogP contribution in [0.4, 0.5) is 5.69 Å². The summed E-state index contributed by atoms with van der Waals surface area (Å²) in [4.78, 5) is 24.9. The Balaban J connectivity index is 1.59. The number of rotatable bonds is 4. The van der Waals surface area contributed by atoms with Crippen molar-refractivity contribution in [2.75, 3.05) is 5.32 Å². The predicted octanol–water partition coefficient (Wildman–Crippen LogP) is 4.48. The standard InChI is InChI=1S/C21H22IN3O2S/c22-18-12-5-4-11-17(18)20(27)25-21(28)24-16-10-6-7-14(13-16)19(26)23-15-8-2-1-3-9-15/h4-7,10-13,15H,1-3,8-9H2,(H,23,26)(H2,24,25,27,28). The molecule has 1 aliphatic rings. The number of amides is 2. The van der Waals surface area contributed by atoms with Gasteiger partial charge in [-0.3, -0.25) is 14.9 Å². The Labute approximate surface area is 183 Å². The van der Waals surface area contributed by atoms with Gasteiger partial charge < -0.3 is 10.6 Å². The molecular formula is C21H22IN3O2S. The minimum atomic E-state index is -0.270. The fraction of sp³-hybridized carbons (Fsp3) is 0.286. The quantitative estimate of drug-likeness (QED) is 0.422. The number of anilines is 1. The van der Waals surface area contributed by atoms with Crippen LogP contribution in [0.15, 0.2) is 48.5 Å². The second-order valence-electron chi connectivity index (χ2n) is 6.78. The highest BCUT2D eigenvalue weighted by atomic mass is 127. The van der Waals surface area contributed by atoms with Crippen molar-refractivity contribution < 1.29 is 9.59 Å². The monoisotopic (exact) mass is 507 g/mol. The molecule has 146 valence electrons. The number of halogens is 1. The molecule has 28 heavy (non-hydrogen) atoms. The third kappa shape index (κ3) is 5.75. The summed E-state index contributed by atoms with van der Waals surface area (Å²) >= 11 is 7.36. The third-order valence-electron chi connectivity index (χ3n) is 4.67. The highest BCUT2D eigenvalue weighted by Gasteiger charge is 2.17. The number of thiocarbonyl (C=S) groups is 1. The predicted molar refractivity (Wildman–Crippen MR) is 124 cm³/mol. The summed E-state index contributed by atoms with van der Waals surface area (Å²) in [7, 11) is 0. The molecule has 0 heterocycles. The minimum Gasteiger partial charge on any atom is -0.349 e. The van der Waals surface area contributed by atoms with Gasteiger partial charge in [-0.05, 0) is 78.0 Å². The summed E-state index contributed by atoms with van der Waals surface area (Å²) in [5.74, 6) is -0.349. The molecule has 3 rings (SSSR count). The van der Waals surface area contributed by atoms with E-state index in [0.717, 1.165) is 16.4 Å². The number of carbonyl (C=O) groups excluding carboxylic acids is 2. The smallest absolute Gasteiger partial charge is 0.258 e. The largest absolute Gasteiger partial charge is 0.349 e. The molecule has 2 aromatic carbocycles. The lowest BCUT2D eigenvalue weighted by atomic mass is 9.95. The van der Waals surface area contributed by atoms with Crippen LogP contribution in [0.3, 0.4) is 0 Å². The molecule has 3 N–H and O–H groups in total. The molecule has 0 aromatic heterocycles. The summed E-state index contributed by atoms with van der Waals surface area (Å²) in [5, 5.41) is 8.95. The summed E-state index contributed by atoms with van der Waals surface area (Å²) in [6, 6.07) is 14.7. The van der Waals surface area contributed by atoms with E-state index < -0.39 is 0 Å². The number of hydrogen-bond acceptors (Lipinski definition) is 3. The van der Waals surface area contributed by atoms with Gasteiger partial charge in [-0.2, -0.15) is 0 Å². The van der Waals surface area contributed by atoms with Gasteiger partial charge in [0.25, 0.3) is 11.8 Å². The number of carbonyl (C=O) groups is 2. The molecular weight excluding hydrogens is 485 g/mol. The Morgan fingerprint density at radius 2 is 1.71 bits per heavy atom. The Kier molecular flexibility index (Phi) is 7.38. The molecule has 0 bridgehead atoms.